The minimum atomic E-state index is 0.577. The second-order valence-electron chi connectivity index (χ2n) is 17.8. The van der Waals surface area contributed by atoms with Gasteiger partial charge in [-0.15, -0.1) is 11.3 Å². The van der Waals surface area contributed by atoms with Crippen molar-refractivity contribution in [1.82, 2.24) is 19.5 Å². The standard InChI is InChI=1S/C63H36N4O2S/c1-3-15-37(16-4-1)61-64-62(39-29-31-44-43-20-9-12-28-55(43)70-56(44)36-39)66-63(65-61)49-24-14-27-54-57(49)50-35-38(30-34-53(50)68-54)41-32-33-47(60-58(41)48-21-8-11-26-52(48)69-60)46-23-13-22-45-42-19-7-10-25-51(42)67(59(45)46)40-17-5-2-6-18-40/h1-36H. The lowest BCUT2D eigenvalue weighted by molar-refractivity contribution is 0.669. The lowest BCUT2D eigenvalue weighted by Crippen LogP contribution is -2.00. The van der Waals surface area contributed by atoms with E-state index in [-0.39, 0.29) is 0 Å². The number of thiophene rings is 1. The topological polar surface area (TPSA) is 69.9 Å². The van der Waals surface area contributed by atoms with Gasteiger partial charge in [-0.3, -0.25) is 0 Å². The molecule has 326 valence electrons. The molecular weight excluding hydrogens is 877 g/mol. The SMILES string of the molecule is c1ccc(-c2nc(-c3ccc4c(c3)sc3ccccc34)nc(-c3cccc4oc5ccc(-c6ccc(-c7cccc8c9ccccc9n(-c9ccccc9)c78)c7oc8ccccc8c67)cc5c34)n2)cc1. The van der Waals surface area contributed by atoms with E-state index in [1.54, 1.807) is 11.3 Å². The van der Waals surface area contributed by atoms with E-state index in [2.05, 4.69) is 174 Å². The van der Waals surface area contributed by atoms with Gasteiger partial charge in [0.05, 0.1) is 11.0 Å². The smallest absolute Gasteiger partial charge is 0.164 e. The lowest BCUT2D eigenvalue weighted by Gasteiger charge is -2.13. The number of hydrogen-bond acceptors (Lipinski definition) is 6. The maximum absolute atomic E-state index is 6.97. The van der Waals surface area contributed by atoms with Crippen molar-refractivity contribution in [1.29, 1.82) is 0 Å². The molecule has 0 saturated heterocycles. The summed E-state index contributed by atoms with van der Waals surface area (Å²) in [7, 11) is 0. The number of para-hydroxylation sites is 4. The first-order valence-electron chi connectivity index (χ1n) is 23.4. The normalized spacial score (nSPS) is 12.0. The van der Waals surface area contributed by atoms with Crippen LogP contribution in [-0.4, -0.2) is 19.5 Å². The molecule has 5 aromatic heterocycles. The van der Waals surface area contributed by atoms with Crippen molar-refractivity contribution in [2.75, 3.05) is 0 Å². The third kappa shape index (κ3) is 5.89. The van der Waals surface area contributed by atoms with Crippen LogP contribution in [0.5, 0.6) is 0 Å². The second kappa shape index (κ2) is 15.2. The molecule has 0 radical (unpaired) electrons. The zero-order valence-electron chi connectivity index (χ0n) is 37.3. The molecule has 0 aliphatic carbocycles. The van der Waals surface area contributed by atoms with Gasteiger partial charge in [-0.1, -0.05) is 158 Å². The van der Waals surface area contributed by atoms with E-state index in [0.717, 1.165) is 99.5 Å². The largest absolute Gasteiger partial charge is 0.456 e. The Morgan fingerprint density at radius 2 is 0.986 bits per heavy atom. The van der Waals surface area contributed by atoms with E-state index in [0.29, 0.717) is 17.5 Å². The van der Waals surface area contributed by atoms with Gasteiger partial charge in [0.2, 0.25) is 0 Å². The molecule has 0 bridgehead atoms. The fraction of sp³-hybridized carbons (Fsp3) is 0. The molecule has 0 N–H and O–H groups in total. The van der Waals surface area contributed by atoms with Crippen LogP contribution in [0.15, 0.2) is 227 Å². The number of fused-ring (bicyclic) bond motifs is 12. The fourth-order valence-corrected chi connectivity index (χ4v) is 11.9. The molecule has 70 heavy (non-hydrogen) atoms. The van der Waals surface area contributed by atoms with Crippen LogP contribution in [0.3, 0.4) is 0 Å². The minimum absolute atomic E-state index is 0.577. The predicted molar refractivity (Wildman–Crippen MR) is 289 cm³/mol. The monoisotopic (exact) mass is 912 g/mol. The highest BCUT2D eigenvalue weighted by Gasteiger charge is 2.24. The Morgan fingerprint density at radius 3 is 1.87 bits per heavy atom. The average molecular weight is 913 g/mol. The van der Waals surface area contributed by atoms with Crippen molar-refractivity contribution >= 4 is 97.2 Å². The zero-order chi connectivity index (χ0) is 45.9. The molecule has 7 heteroatoms. The number of aromatic nitrogens is 4. The Labute approximate surface area is 404 Å². The molecule has 15 rings (SSSR count). The van der Waals surface area contributed by atoms with Gasteiger partial charge in [-0.25, -0.2) is 15.0 Å². The predicted octanol–water partition coefficient (Wildman–Crippen LogP) is 17.5. The molecule has 15 aromatic rings. The summed E-state index contributed by atoms with van der Waals surface area (Å²) in [5.74, 6) is 1.80. The van der Waals surface area contributed by atoms with E-state index < -0.39 is 0 Å². The molecular formula is C63H36N4O2S. The molecule has 5 heterocycles. The quantitative estimate of drug-likeness (QED) is 0.166. The number of nitrogens with zero attached hydrogens (tertiary/aromatic N) is 4. The summed E-state index contributed by atoms with van der Waals surface area (Å²) < 4.78 is 18.5. The van der Waals surface area contributed by atoms with E-state index in [1.807, 2.05) is 48.5 Å². The molecule has 0 amide bonds. The third-order valence-corrected chi connectivity index (χ3v) is 15.0. The second-order valence-corrected chi connectivity index (χ2v) is 18.9. The van der Waals surface area contributed by atoms with E-state index in [9.17, 15) is 0 Å². The van der Waals surface area contributed by atoms with Crippen LogP contribution in [0.1, 0.15) is 0 Å². The Balaban J connectivity index is 0.932. The molecule has 10 aromatic carbocycles. The van der Waals surface area contributed by atoms with Gasteiger partial charge in [0.15, 0.2) is 17.5 Å². The Kier molecular flexibility index (Phi) is 8.43. The van der Waals surface area contributed by atoms with Gasteiger partial charge in [-0.2, -0.15) is 0 Å². The summed E-state index contributed by atoms with van der Waals surface area (Å²) in [5, 5.41) is 8.92. The minimum Gasteiger partial charge on any atom is -0.456 e. The number of hydrogen-bond donors (Lipinski definition) is 0. The van der Waals surface area contributed by atoms with Crippen LogP contribution >= 0.6 is 11.3 Å². The number of benzene rings is 10. The fourth-order valence-electron chi connectivity index (χ4n) is 10.7. The third-order valence-electron chi connectivity index (χ3n) is 13.9. The van der Waals surface area contributed by atoms with Gasteiger partial charge in [0.25, 0.3) is 0 Å². The number of furan rings is 2. The van der Waals surface area contributed by atoms with Crippen LogP contribution in [0, 0.1) is 0 Å². The highest BCUT2D eigenvalue weighted by Crippen LogP contribution is 2.47. The van der Waals surface area contributed by atoms with E-state index in [1.165, 1.54) is 30.9 Å². The van der Waals surface area contributed by atoms with Crippen LogP contribution in [0.25, 0.3) is 148 Å². The maximum atomic E-state index is 6.97. The van der Waals surface area contributed by atoms with Crippen molar-refractivity contribution in [3.05, 3.63) is 218 Å². The summed E-state index contributed by atoms with van der Waals surface area (Å²) in [6.45, 7) is 0. The summed E-state index contributed by atoms with van der Waals surface area (Å²) in [6.07, 6.45) is 0. The molecule has 0 aliphatic rings. The zero-order valence-corrected chi connectivity index (χ0v) is 38.1. The van der Waals surface area contributed by atoms with Crippen molar-refractivity contribution < 1.29 is 8.83 Å². The summed E-state index contributed by atoms with van der Waals surface area (Å²) in [4.78, 5) is 15.6. The van der Waals surface area contributed by atoms with Crippen LogP contribution < -0.4 is 0 Å². The molecule has 0 saturated carbocycles. The Morgan fingerprint density at radius 1 is 0.343 bits per heavy atom. The summed E-state index contributed by atoms with van der Waals surface area (Å²) in [5.41, 5.74) is 13.6. The summed E-state index contributed by atoms with van der Waals surface area (Å²) in [6, 6.07) is 76.7. The van der Waals surface area contributed by atoms with Gasteiger partial charge < -0.3 is 13.4 Å². The van der Waals surface area contributed by atoms with Crippen molar-refractivity contribution in [2.45, 2.75) is 0 Å². The van der Waals surface area contributed by atoms with Crippen LogP contribution in [0.4, 0.5) is 0 Å². The van der Waals surface area contributed by atoms with Gasteiger partial charge in [0, 0.05) is 86.0 Å². The molecule has 0 fully saturated rings. The lowest BCUT2D eigenvalue weighted by atomic mass is 9.93. The molecule has 0 spiro atoms. The van der Waals surface area contributed by atoms with Crippen molar-refractivity contribution in [3.63, 3.8) is 0 Å². The first kappa shape index (κ1) is 38.9. The van der Waals surface area contributed by atoms with Gasteiger partial charge >= 0.3 is 0 Å². The molecule has 0 aliphatic heterocycles. The maximum Gasteiger partial charge on any atom is 0.164 e. The van der Waals surface area contributed by atoms with E-state index in [4.69, 9.17) is 23.8 Å². The highest BCUT2D eigenvalue weighted by molar-refractivity contribution is 7.25. The average Bonchev–Trinajstić information content (AvgIpc) is 4.20. The van der Waals surface area contributed by atoms with Gasteiger partial charge in [0.1, 0.15) is 22.3 Å². The highest BCUT2D eigenvalue weighted by atomic mass is 32.1. The van der Waals surface area contributed by atoms with Crippen LogP contribution in [0.2, 0.25) is 0 Å². The summed E-state index contributed by atoms with van der Waals surface area (Å²) >= 11 is 1.79. The van der Waals surface area contributed by atoms with Crippen molar-refractivity contribution in [3.8, 4) is 62.1 Å². The van der Waals surface area contributed by atoms with Crippen molar-refractivity contribution in [2.24, 2.45) is 0 Å². The van der Waals surface area contributed by atoms with Crippen LogP contribution in [-0.2, 0) is 0 Å². The first-order chi connectivity index (χ1) is 34.7. The Bertz CT molecular complexity index is 4600. The molecule has 0 unspecified atom stereocenters. The Hall–Kier alpha value is -9.17. The van der Waals surface area contributed by atoms with E-state index >= 15 is 0 Å². The van der Waals surface area contributed by atoms with Gasteiger partial charge in [-0.05, 0) is 71.8 Å². The molecule has 6 nitrogen and oxygen atoms in total. The molecule has 0 atom stereocenters. The number of rotatable bonds is 6. The first-order valence-corrected chi connectivity index (χ1v) is 24.2.